The monoisotopic (exact) mass is 447 g/mol. The Kier molecular flexibility index (Phi) is 8.07. The molecule has 3 rings (SSSR count). The van der Waals surface area contributed by atoms with E-state index in [0.29, 0.717) is 30.0 Å². The van der Waals surface area contributed by atoms with Crippen LogP contribution < -0.4 is 15.5 Å². The highest BCUT2D eigenvalue weighted by Gasteiger charge is 2.13. The van der Waals surface area contributed by atoms with E-state index < -0.39 is 6.09 Å². The second kappa shape index (κ2) is 11.4. The molecule has 1 aromatic carbocycles. The van der Waals surface area contributed by atoms with Crippen LogP contribution in [0, 0.1) is 0 Å². The van der Waals surface area contributed by atoms with Crippen LogP contribution in [-0.2, 0) is 16.1 Å². The summed E-state index contributed by atoms with van der Waals surface area (Å²) in [6.07, 6.45) is 4.37. The summed E-state index contributed by atoms with van der Waals surface area (Å²) in [6.45, 7) is 2.42. The summed E-state index contributed by atoms with van der Waals surface area (Å²) in [4.78, 5) is 45.6. The molecule has 0 saturated heterocycles. The number of hydrogen-bond acceptors (Lipinski definition) is 6. The van der Waals surface area contributed by atoms with Crippen LogP contribution in [0.3, 0.4) is 0 Å². The summed E-state index contributed by atoms with van der Waals surface area (Å²) in [5.41, 5.74) is 3.62. The number of anilines is 1. The van der Waals surface area contributed by atoms with Gasteiger partial charge in [0.2, 0.25) is 5.91 Å². The van der Waals surface area contributed by atoms with Crippen molar-refractivity contribution in [3.8, 4) is 11.3 Å². The lowest BCUT2D eigenvalue weighted by Crippen LogP contribution is -2.37. The van der Waals surface area contributed by atoms with Gasteiger partial charge in [-0.3, -0.25) is 19.6 Å². The van der Waals surface area contributed by atoms with Gasteiger partial charge in [0.1, 0.15) is 0 Å². The third kappa shape index (κ3) is 6.60. The van der Waals surface area contributed by atoms with E-state index in [9.17, 15) is 14.4 Å². The number of hydrogen-bond donors (Lipinski definition) is 2. The lowest BCUT2D eigenvalue weighted by molar-refractivity contribution is -0.116. The molecule has 9 nitrogen and oxygen atoms in total. The van der Waals surface area contributed by atoms with Crippen molar-refractivity contribution in [2.45, 2.75) is 13.5 Å². The Bertz CT molecular complexity index is 1090. The standard InChI is InChI=1S/C24H25N5O4/c1-17(30)29(13-12-26-24(32)33-2)21-8-5-19(6-9-21)22-10-7-20(16-27-22)23(31)28-15-18-4-3-11-25-14-18/h3-11,14,16H,12-13,15H2,1-2H3,(H,26,32)(H,28,31). The molecule has 9 heteroatoms. The van der Waals surface area contributed by atoms with E-state index >= 15 is 0 Å². The van der Waals surface area contributed by atoms with Gasteiger partial charge < -0.3 is 20.3 Å². The number of carbonyl (C=O) groups excluding carboxylic acids is 3. The van der Waals surface area contributed by atoms with Crippen LogP contribution in [0.4, 0.5) is 10.5 Å². The Balaban J connectivity index is 1.62. The maximum atomic E-state index is 12.4. The minimum absolute atomic E-state index is 0.144. The van der Waals surface area contributed by atoms with Crippen LogP contribution >= 0.6 is 0 Å². The third-order valence-corrected chi connectivity index (χ3v) is 4.85. The topological polar surface area (TPSA) is 114 Å². The molecule has 0 radical (unpaired) electrons. The zero-order valence-electron chi connectivity index (χ0n) is 18.4. The van der Waals surface area contributed by atoms with E-state index in [1.165, 1.54) is 20.2 Å². The van der Waals surface area contributed by atoms with E-state index in [2.05, 4.69) is 25.3 Å². The molecule has 0 unspecified atom stereocenters. The molecular weight excluding hydrogens is 422 g/mol. The molecule has 33 heavy (non-hydrogen) atoms. The fraction of sp³-hybridized carbons (Fsp3) is 0.208. The van der Waals surface area contributed by atoms with Crippen molar-refractivity contribution in [1.82, 2.24) is 20.6 Å². The molecule has 0 aliphatic rings. The van der Waals surface area contributed by atoms with E-state index in [-0.39, 0.29) is 18.4 Å². The molecule has 0 saturated carbocycles. The minimum atomic E-state index is -0.547. The van der Waals surface area contributed by atoms with Gasteiger partial charge in [-0.15, -0.1) is 0 Å². The van der Waals surface area contributed by atoms with Crippen molar-refractivity contribution in [2.24, 2.45) is 0 Å². The second-order valence-corrected chi connectivity index (χ2v) is 7.11. The summed E-state index contributed by atoms with van der Waals surface area (Å²) >= 11 is 0. The molecule has 3 amide bonds. The number of amides is 3. The number of pyridine rings is 2. The number of methoxy groups -OCH3 is 1. The van der Waals surface area contributed by atoms with Gasteiger partial charge in [0.15, 0.2) is 0 Å². The van der Waals surface area contributed by atoms with Crippen LogP contribution in [0.2, 0.25) is 0 Å². The summed E-state index contributed by atoms with van der Waals surface area (Å²) in [5, 5.41) is 5.40. The maximum absolute atomic E-state index is 12.4. The van der Waals surface area contributed by atoms with Gasteiger partial charge in [-0.1, -0.05) is 18.2 Å². The molecule has 0 aliphatic carbocycles. The highest BCUT2D eigenvalue weighted by atomic mass is 16.5. The average molecular weight is 447 g/mol. The number of carbonyl (C=O) groups is 3. The predicted octanol–water partition coefficient (Wildman–Crippen LogP) is 2.78. The number of ether oxygens (including phenoxy) is 1. The Morgan fingerprint density at radius 3 is 2.39 bits per heavy atom. The number of benzene rings is 1. The quantitative estimate of drug-likeness (QED) is 0.549. The summed E-state index contributed by atoms with van der Waals surface area (Å²) in [5.74, 6) is -0.361. The van der Waals surface area contributed by atoms with Gasteiger partial charge in [-0.05, 0) is 35.9 Å². The van der Waals surface area contributed by atoms with Crippen LogP contribution in [0.25, 0.3) is 11.3 Å². The first-order valence-electron chi connectivity index (χ1n) is 10.3. The third-order valence-electron chi connectivity index (χ3n) is 4.85. The van der Waals surface area contributed by atoms with Crippen LogP contribution in [-0.4, -0.2) is 48.1 Å². The molecule has 2 N–H and O–H groups in total. The molecule has 170 valence electrons. The normalized spacial score (nSPS) is 10.2. The molecular formula is C24H25N5O4. The Morgan fingerprint density at radius 2 is 1.79 bits per heavy atom. The largest absolute Gasteiger partial charge is 0.453 e. The number of nitrogens with one attached hydrogen (secondary N) is 2. The number of aromatic nitrogens is 2. The SMILES string of the molecule is COC(=O)NCCN(C(C)=O)c1ccc(-c2ccc(C(=O)NCc3cccnc3)cn2)cc1. The van der Waals surface area contributed by atoms with Crippen molar-refractivity contribution in [2.75, 3.05) is 25.1 Å². The molecule has 0 fully saturated rings. The van der Waals surface area contributed by atoms with Crippen molar-refractivity contribution in [1.29, 1.82) is 0 Å². The van der Waals surface area contributed by atoms with Crippen LogP contribution in [0.1, 0.15) is 22.8 Å². The summed E-state index contributed by atoms with van der Waals surface area (Å²) in [6, 6.07) is 14.5. The number of alkyl carbamates (subject to hydrolysis) is 1. The first-order valence-corrected chi connectivity index (χ1v) is 10.3. The lowest BCUT2D eigenvalue weighted by atomic mass is 10.1. The second-order valence-electron chi connectivity index (χ2n) is 7.11. The molecule has 0 spiro atoms. The smallest absolute Gasteiger partial charge is 0.406 e. The predicted molar refractivity (Wildman–Crippen MR) is 124 cm³/mol. The van der Waals surface area contributed by atoms with Crippen molar-refractivity contribution < 1.29 is 19.1 Å². The van der Waals surface area contributed by atoms with E-state index in [4.69, 9.17) is 0 Å². The van der Waals surface area contributed by atoms with Gasteiger partial charge >= 0.3 is 6.09 Å². The van der Waals surface area contributed by atoms with Crippen LogP contribution in [0.15, 0.2) is 67.1 Å². The van der Waals surface area contributed by atoms with Gasteiger partial charge in [0, 0.05) is 56.4 Å². The molecule has 0 aliphatic heterocycles. The number of nitrogens with zero attached hydrogens (tertiary/aromatic N) is 3. The summed E-state index contributed by atoms with van der Waals surface area (Å²) in [7, 11) is 1.28. The molecule has 3 aromatic rings. The highest BCUT2D eigenvalue weighted by molar-refractivity contribution is 5.94. The zero-order chi connectivity index (χ0) is 23.6. The van der Waals surface area contributed by atoms with E-state index in [0.717, 1.165) is 11.1 Å². The first-order chi connectivity index (χ1) is 16.0. The fourth-order valence-electron chi connectivity index (χ4n) is 3.11. The van der Waals surface area contributed by atoms with Crippen molar-refractivity contribution >= 4 is 23.6 Å². The Labute approximate surface area is 191 Å². The Hall–Kier alpha value is -4.27. The molecule has 0 bridgehead atoms. The Morgan fingerprint density at radius 1 is 1.00 bits per heavy atom. The van der Waals surface area contributed by atoms with Crippen LogP contribution in [0.5, 0.6) is 0 Å². The average Bonchev–Trinajstić information content (AvgIpc) is 2.85. The number of rotatable bonds is 8. The molecule has 2 aromatic heterocycles. The maximum Gasteiger partial charge on any atom is 0.406 e. The van der Waals surface area contributed by atoms with Gasteiger partial charge in [-0.25, -0.2) is 4.79 Å². The highest BCUT2D eigenvalue weighted by Crippen LogP contribution is 2.22. The molecule has 0 atom stereocenters. The van der Waals surface area contributed by atoms with Gasteiger partial charge in [0.25, 0.3) is 5.91 Å². The molecule has 2 heterocycles. The first kappa shape index (κ1) is 23.4. The lowest BCUT2D eigenvalue weighted by Gasteiger charge is -2.21. The van der Waals surface area contributed by atoms with E-state index in [1.54, 1.807) is 29.4 Å². The van der Waals surface area contributed by atoms with E-state index in [1.807, 2.05) is 36.4 Å². The van der Waals surface area contributed by atoms with Gasteiger partial charge in [0.05, 0.1) is 18.4 Å². The minimum Gasteiger partial charge on any atom is -0.453 e. The van der Waals surface area contributed by atoms with Gasteiger partial charge in [-0.2, -0.15) is 0 Å². The summed E-state index contributed by atoms with van der Waals surface area (Å²) < 4.78 is 4.53. The zero-order valence-corrected chi connectivity index (χ0v) is 18.4. The van der Waals surface area contributed by atoms with Crippen molar-refractivity contribution in [3.63, 3.8) is 0 Å². The fourth-order valence-corrected chi connectivity index (χ4v) is 3.11. The van der Waals surface area contributed by atoms with Crippen molar-refractivity contribution in [3.05, 3.63) is 78.2 Å².